The van der Waals surface area contributed by atoms with Crippen LogP contribution in [0.5, 0.6) is 0 Å². The van der Waals surface area contributed by atoms with E-state index in [-0.39, 0.29) is 0 Å². The van der Waals surface area contributed by atoms with E-state index in [2.05, 4.69) is 54.5 Å². The van der Waals surface area contributed by atoms with Crippen LogP contribution in [0.15, 0.2) is 6.07 Å². The standard InChI is InChI=1S/C16H26/c1-8-16(7,9-2)15-12(4)10-11(3)13(5)14(15)6/h10H,8-9H2,1-7H3. The minimum atomic E-state index is 0.340. The summed E-state index contributed by atoms with van der Waals surface area (Å²) in [7, 11) is 0. The summed E-state index contributed by atoms with van der Waals surface area (Å²) >= 11 is 0. The summed E-state index contributed by atoms with van der Waals surface area (Å²) in [6.45, 7) is 16.0. The van der Waals surface area contributed by atoms with E-state index in [1.807, 2.05) is 0 Å². The van der Waals surface area contributed by atoms with Crippen molar-refractivity contribution in [2.75, 3.05) is 0 Å². The van der Waals surface area contributed by atoms with Gasteiger partial charge < -0.3 is 0 Å². The molecule has 90 valence electrons. The third-order valence-corrected chi connectivity index (χ3v) is 4.52. The van der Waals surface area contributed by atoms with Gasteiger partial charge in [0.15, 0.2) is 0 Å². The fourth-order valence-electron chi connectivity index (χ4n) is 2.82. The fourth-order valence-corrected chi connectivity index (χ4v) is 2.82. The van der Waals surface area contributed by atoms with Crippen molar-refractivity contribution in [3.05, 3.63) is 33.9 Å². The van der Waals surface area contributed by atoms with E-state index in [4.69, 9.17) is 0 Å². The maximum absolute atomic E-state index is 2.40. The van der Waals surface area contributed by atoms with E-state index >= 15 is 0 Å². The number of benzene rings is 1. The Hall–Kier alpha value is -0.780. The third-order valence-electron chi connectivity index (χ3n) is 4.52. The Morgan fingerprint density at radius 3 is 1.81 bits per heavy atom. The summed E-state index contributed by atoms with van der Waals surface area (Å²) in [5.74, 6) is 0. The van der Waals surface area contributed by atoms with Gasteiger partial charge in [0.2, 0.25) is 0 Å². The molecular formula is C16H26. The van der Waals surface area contributed by atoms with Crippen LogP contribution >= 0.6 is 0 Å². The first kappa shape index (κ1) is 13.3. The van der Waals surface area contributed by atoms with Crippen LogP contribution in [0, 0.1) is 27.7 Å². The lowest BCUT2D eigenvalue weighted by atomic mass is 9.72. The van der Waals surface area contributed by atoms with Crippen LogP contribution < -0.4 is 0 Å². The van der Waals surface area contributed by atoms with Crippen LogP contribution in [-0.4, -0.2) is 0 Å². The van der Waals surface area contributed by atoms with Gasteiger partial charge in [0.1, 0.15) is 0 Å². The molecule has 1 aromatic rings. The van der Waals surface area contributed by atoms with Crippen molar-refractivity contribution in [3.63, 3.8) is 0 Å². The van der Waals surface area contributed by atoms with Crippen LogP contribution in [-0.2, 0) is 5.41 Å². The number of aryl methyl sites for hydroxylation is 2. The van der Waals surface area contributed by atoms with Crippen LogP contribution in [0.3, 0.4) is 0 Å². The monoisotopic (exact) mass is 218 g/mol. The second-order valence-corrected chi connectivity index (χ2v) is 5.40. The maximum atomic E-state index is 2.40. The molecule has 0 N–H and O–H groups in total. The molecule has 0 heterocycles. The Balaban J connectivity index is 3.50. The third kappa shape index (κ3) is 2.03. The van der Waals surface area contributed by atoms with Gasteiger partial charge in [0, 0.05) is 0 Å². The van der Waals surface area contributed by atoms with Crippen molar-refractivity contribution in [1.82, 2.24) is 0 Å². The second-order valence-electron chi connectivity index (χ2n) is 5.40. The maximum Gasteiger partial charge on any atom is -0.00751 e. The predicted octanol–water partition coefficient (Wildman–Crippen LogP) is 5.00. The molecule has 0 spiro atoms. The van der Waals surface area contributed by atoms with Gasteiger partial charge >= 0.3 is 0 Å². The summed E-state index contributed by atoms with van der Waals surface area (Å²) in [5.41, 5.74) is 7.78. The van der Waals surface area contributed by atoms with E-state index < -0.39 is 0 Å². The summed E-state index contributed by atoms with van der Waals surface area (Å²) in [6.07, 6.45) is 2.43. The fraction of sp³-hybridized carbons (Fsp3) is 0.625. The average molecular weight is 218 g/mol. The number of rotatable bonds is 3. The lowest BCUT2D eigenvalue weighted by Crippen LogP contribution is -2.23. The Labute approximate surface area is 101 Å². The van der Waals surface area contributed by atoms with Crippen molar-refractivity contribution < 1.29 is 0 Å². The van der Waals surface area contributed by atoms with E-state index in [1.54, 1.807) is 5.56 Å². The molecule has 0 atom stereocenters. The minimum Gasteiger partial charge on any atom is -0.0645 e. The zero-order chi connectivity index (χ0) is 12.5. The SMILES string of the molecule is CCC(C)(CC)c1c(C)cc(C)c(C)c1C. The first-order chi connectivity index (χ1) is 7.37. The van der Waals surface area contributed by atoms with Gasteiger partial charge in [-0.3, -0.25) is 0 Å². The lowest BCUT2D eigenvalue weighted by Gasteiger charge is -2.32. The molecule has 0 saturated heterocycles. The highest BCUT2D eigenvalue weighted by atomic mass is 14.3. The van der Waals surface area contributed by atoms with E-state index in [0.29, 0.717) is 5.41 Å². The molecule has 0 aliphatic rings. The van der Waals surface area contributed by atoms with Gasteiger partial charge in [-0.2, -0.15) is 0 Å². The highest BCUT2D eigenvalue weighted by Gasteiger charge is 2.26. The molecule has 0 bridgehead atoms. The summed E-state index contributed by atoms with van der Waals surface area (Å²) in [5, 5.41) is 0. The zero-order valence-electron chi connectivity index (χ0n) is 12.0. The Morgan fingerprint density at radius 1 is 0.875 bits per heavy atom. The molecule has 16 heavy (non-hydrogen) atoms. The van der Waals surface area contributed by atoms with Gasteiger partial charge in [-0.1, -0.05) is 26.8 Å². The van der Waals surface area contributed by atoms with Crippen molar-refractivity contribution in [1.29, 1.82) is 0 Å². The summed E-state index contributed by atoms with van der Waals surface area (Å²) in [4.78, 5) is 0. The van der Waals surface area contributed by atoms with Crippen molar-refractivity contribution in [2.45, 2.75) is 66.7 Å². The Kier molecular flexibility index (Phi) is 3.83. The van der Waals surface area contributed by atoms with Crippen molar-refractivity contribution in [2.24, 2.45) is 0 Å². The molecular weight excluding hydrogens is 192 g/mol. The van der Waals surface area contributed by atoms with Crippen LogP contribution in [0.4, 0.5) is 0 Å². The van der Waals surface area contributed by atoms with Gasteiger partial charge in [-0.05, 0) is 73.8 Å². The molecule has 0 aliphatic carbocycles. The normalized spacial score (nSPS) is 11.9. The first-order valence-electron chi connectivity index (χ1n) is 6.45. The average Bonchev–Trinajstić information content (AvgIpc) is 2.25. The molecule has 1 aromatic carbocycles. The zero-order valence-corrected chi connectivity index (χ0v) is 12.0. The van der Waals surface area contributed by atoms with Gasteiger partial charge in [-0.15, -0.1) is 0 Å². The number of hydrogen-bond acceptors (Lipinski definition) is 0. The van der Waals surface area contributed by atoms with E-state index in [9.17, 15) is 0 Å². The topological polar surface area (TPSA) is 0 Å². The molecule has 0 saturated carbocycles. The number of hydrogen-bond donors (Lipinski definition) is 0. The molecule has 0 fully saturated rings. The Bertz CT molecular complexity index is 382. The molecule has 1 rings (SSSR count). The van der Waals surface area contributed by atoms with Crippen LogP contribution in [0.2, 0.25) is 0 Å². The minimum absolute atomic E-state index is 0.340. The van der Waals surface area contributed by atoms with Gasteiger partial charge in [-0.25, -0.2) is 0 Å². The molecule has 0 aromatic heterocycles. The predicted molar refractivity (Wildman–Crippen MR) is 73.3 cm³/mol. The van der Waals surface area contributed by atoms with Crippen molar-refractivity contribution in [3.8, 4) is 0 Å². The highest BCUT2D eigenvalue weighted by Crippen LogP contribution is 2.37. The molecule has 0 amide bonds. The molecule has 0 unspecified atom stereocenters. The summed E-state index contributed by atoms with van der Waals surface area (Å²) in [6, 6.07) is 2.35. The van der Waals surface area contributed by atoms with Gasteiger partial charge in [0.05, 0.1) is 0 Å². The van der Waals surface area contributed by atoms with Gasteiger partial charge in [0.25, 0.3) is 0 Å². The molecule has 0 radical (unpaired) electrons. The van der Waals surface area contributed by atoms with Crippen LogP contribution in [0.1, 0.15) is 61.4 Å². The van der Waals surface area contributed by atoms with Crippen LogP contribution in [0.25, 0.3) is 0 Å². The van der Waals surface area contributed by atoms with E-state index in [1.165, 1.54) is 35.1 Å². The summed E-state index contributed by atoms with van der Waals surface area (Å²) < 4.78 is 0. The van der Waals surface area contributed by atoms with Crippen molar-refractivity contribution >= 4 is 0 Å². The molecule has 0 heteroatoms. The molecule has 0 aliphatic heterocycles. The largest absolute Gasteiger partial charge is 0.0645 e. The Morgan fingerprint density at radius 2 is 1.38 bits per heavy atom. The lowest BCUT2D eigenvalue weighted by molar-refractivity contribution is 0.434. The smallest absolute Gasteiger partial charge is 0.00751 e. The van der Waals surface area contributed by atoms with E-state index in [0.717, 1.165) is 0 Å². The molecule has 0 nitrogen and oxygen atoms in total. The highest BCUT2D eigenvalue weighted by molar-refractivity contribution is 5.47. The quantitative estimate of drug-likeness (QED) is 0.670. The first-order valence-corrected chi connectivity index (χ1v) is 6.45. The second kappa shape index (κ2) is 4.61.